The molecule has 0 spiro atoms. The molecule has 4 heterocycles. The minimum absolute atomic E-state index is 0.506. The Morgan fingerprint density at radius 3 is 2.75 bits per heavy atom. The lowest BCUT2D eigenvalue weighted by atomic mass is 10.2. The molecule has 0 radical (unpaired) electrons. The van der Waals surface area contributed by atoms with E-state index in [0.717, 1.165) is 22.9 Å². The van der Waals surface area contributed by atoms with Gasteiger partial charge < -0.3 is 9.26 Å². The molecular formula is C19H16N6O2S. The van der Waals surface area contributed by atoms with E-state index in [0.29, 0.717) is 35.4 Å². The van der Waals surface area contributed by atoms with Crippen molar-refractivity contribution in [1.82, 2.24) is 30.0 Å². The molecule has 0 aliphatic heterocycles. The lowest BCUT2D eigenvalue weighted by Crippen LogP contribution is -2.06. The summed E-state index contributed by atoms with van der Waals surface area (Å²) in [5.74, 6) is 1.75. The molecule has 8 nitrogen and oxygen atoms in total. The van der Waals surface area contributed by atoms with Gasteiger partial charge in [0.2, 0.25) is 11.7 Å². The first-order valence-electron chi connectivity index (χ1n) is 8.80. The van der Waals surface area contributed by atoms with E-state index in [1.807, 2.05) is 43.6 Å². The van der Waals surface area contributed by atoms with E-state index in [1.165, 1.54) is 4.88 Å². The molecule has 9 heteroatoms. The molecule has 0 N–H and O–H groups in total. The SMILES string of the molecule is Cc1cc(-c2nnc3c4ccccc4c(OCCc4scnc4C)nn23)no1. The lowest BCUT2D eigenvalue weighted by Gasteiger charge is -2.09. The summed E-state index contributed by atoms with van der Waals surface area (Å²) in [6, 6.07) is 9.68. The van der Waals surface area contributed by atoms with Gasteiger partial charge in [0.25, 0.3) is 0 Å². The van der Waals surface area contributed by atoms with Crippen molar-refractivity contribution in [1.29, 1.82) is 0 Å². The van der Waals surface area contributed by atoms with Crippen LogP contribution in [0.25, 0.3) is 27.9 Å². The van der Waals surface area contributed by atoms with E-state index in [-0.39, 0.29) is 0 Å². The molecular weight excluding hydrogens is 376 g/mol. The zero-order valence-corrected chi connectivity index (χ0v) is 16.1. The van der Waals surface area contributed by atoms with Gasteiger partial charge in [-0.25, -0.2) is 4.98 Å². The van der Waals surface area contributed by atoms with Crippen LogP contribution in [0, 0.1) is 13.8 Å². The zero-order valence-electron chi connectivity index (χ0n) is 15.3. The fourth-order valence-electron chi connectivity index (χ4n) is 3.10. The molecule has 0 amide bonds. The van der Waals surface area contributed by atoms with Crippen molar-refractivity contribution in [2.24, 2.45) is 0 Å². The fourth-order valence-corrected chi connectivity index (χ4v) is 3.86. The summed E-state index contributed by atoms with van der Waals surface area (Å²) in [7, 11) is 0. The average Bonchev–Trinajstić information content (AvgIpc) is 3.42. The number of fused-ring (bicyclic) bond motifs is 3. The van der Waals surface area contributed by atoms with Gasteiger partial charge in [0.15, 0.2) is 11.3 Å². The van der Waals surface area contributed by atoms with Crippen LogP contribution in [0.5, 0.6) is 5.88 Å². The van der Waals surface area contributed by atoms with E-state index in [1.54, 1.807) is 21.9 Å². The molecule has 0 aliphatic carbocycles. The van der Waals surface area contributed by atoms with E-state index in [4.69, 9.17) is 9.26 Å². The number of aromatic nitrogens is 6. The summed E-state index contributed by atoms with van der Waals surface area (Å²) >= 11 is 1.64. The Balaban J connectivity index is 1.57. The summed E-state index contributed by atoms with van der Waals surface area (Å²) < 4.78 is 12.9. The molecule has 0 bridgehead atoms. The van der Waals surface area contributed by atoms with Crippen LogP contribution in [-0.2, 0) is 6.42 Å². The average molecular weight is 392 g/mol. The normalized spacial score (nSPS) is 11.5. The number of hydrogen-bond donors (Lipinski definition) is 0. The van der Waals surface area contributed by atoms with Crippen molar-refractivity contribution in [3.63, 3.8) is 0 Å². The highest BCUT2D eigenvalue weighted by atomic mass is 32.1. The van der Waals surface area contributed by atoms with E-state index >= 15 is 0 Å². The molecule has 1 aromatic carbocycles. The highest BCUT2D eigenvalue weighted by Crippen LogP contribution is 2.28. The van der Waals surface area contributed by atoms with Crippen molar-refractivity contribution in [3.05, 3.63) is 52.2 Å². The van der Waals surface area contributed by atoms with Crippen molar-refractivity contribution in [3.8, 4) is 17.4 Å². The summed E-state index contributed by atoms with van der Waals surface area (Å²) in [6.45, 7) is 4.35. The Bertz CT molecular complexity index is 1290. The van der Waals surface area contributed by atoms with E-state index in [9.17, 15) is 0 Å². The van der Waals surface area contributed by atoms with Crippen molar-refractivity contribution in [2.75, 3.05) is 6.61 Å². The standard InChI is InChI=1S/C19H16N6O2S/c1-11-9-15(24-27-11)18-22-21-17-13-5-3-4-6-14(13)19(23-25(17)18)26-8-7-16-12(2)20-10-28-16/h3-6,9-10H,7-8H2,1-2H3. The molecule has 5 aromatic rings. The molecule has 0 saturated heterocycles. The second-order valence-electron chi connectivity index (χ2n) is 6.39. The van der Waals surface area contributed by atoms with Gasteiger partial charge in [-0.3, -0.25) is 0 Å². The number of thiazole rings is 1. The van der Waals surface area contributed by atoms with Crippen LogP contribution in [0.4, 0.5) is 0 Å². The van der Waals surface area contributed by atoms with Gasteiger partial charge >= 0.3 is 0 Å². The lowest BCUT2D eigenvalue weighted by molar-refractivity contribution is 0.309. The minimum atomic E-state index is 0.506. The number of aryl methyl sites for hydroxylation is 2. The van der Waals surface area contributed by atoms with Crippen LogP contribution < -0.4 is 4.74 Å². The molecule has 140 valence electrons. The second-order valence-corrected chi connectivity index (χ2v) is 7.33. The third-order valence-electron chi connectivity index (χ3n) is 4.50. The highest BCUT2D eigenvalue weighted by molar-refractivity contribution is 7.09. The Hall–Kier alpha value is -3.33. The first-order valence-corrected chi connectivity index (χ1v) is 9.68. The van der Waals surface area contributed by atoms with Crippen LogP contribution in [0.3, 0.4) is 0 Å². The molecule has 5 rings (SSSR count). The van der Waals surface area contributed by atoms with Crippen molar-refractivity contribution < 1.29 is 9.26 Å². The molecule has 0 aliphatic rings. The first-order chi connectivity index (χ1) is 13.7. The van der Waals surface area contributed by atoms with Crippen molar-refractivity contribution >= 4 is 27.8 Å². The topological polar surface area (TPSA) is 91.2 Å². The van der Waals surface area contributed by atoms with E-state index in [2.05, 4.69) is 25.4 Å². The quantitative estimate of drug-likeness (QED) is 0.451. The Morgan fingerprint density at radius 2 is 2.00 bits per heavy atom. The number of ether oxygens (including phenoxy) is 1. The number of nitrogens with zero attached hydrogens (tertiary/aromatic N) is 6. The monoisotopic (exact) mass is 392 g/mol. The second kappa shape index (κ2) is 6.68. The molecule has 28 heavy (non-hydrogen) atoms. The largest absolute Gasteiger partial charge is 0.476 e. The smallest absolute Gasteiger partial charge is 0.239 e. The maximum atomic E-state index is 6.07. The van der Waals surface area contributed by atoms with Gasteiger partial charge in [0, 0.05) is 28.1 Å². The molecule has 0 saturated carbocycles. The van der Waals surface area contributed by atoms with Gasteiger partial charge in [-0.05, 0) is 19.9 Å². The van der Waals surface area contributed by atoms with Gasteiger partial charge in [0.1, 0.15) is 5.76 Å². The summed E-state index contributed by atoms with van der Waals surface area (Å²) in [6.07, 6.45) is 0.780. The molecule has 0 fully saturated rings. The summed E-state index contributed by atoms with van der Waals surface area (Å²) in [4.78, 5) is 5.50. The third kappa shape index (κ3) is 2.80. The van der Waals surface area contributed by atoms with Crippen LogP contribution >= 0.6 is 11.3 Å². The maximum absolute atomic E-state index is 6.07. The van der Waals surface area contributed by atoms with Gasteiger partial charge in [0.05, 0.1) is 17.8 Å². The predicted molar refractivity (Wildman–Crippen MR) is 105 cm³/mol. The first kappa shape index (κ1) is 16.8. The number of hydrogen-bond acceptors (Lipinski definition) is 8. The molecule has 0 unspecified atom stereocenters. The maximum Gasteiger partial charge on any atom is 0.239 e. The van der Waals surface area contributed by atoms with Gasteiger partial charge in [-0.2, -0.15) is 4.52 Å². The number of rotatable bonds is 5. The summed E-state index contributed by atoms with van der Waals surface area (Å²) in [5, 5.41) is 19.1. The minimum Gasteiger partial charge on any atom is -0.476 e. The van der Waals surface area contributed by atoms with Crippen LogP contribution in [0.2, 0.25) is 0 Å². The molecule has 0 atom stereocenters. The van der Waals surface area contributed by atoms with Gasteiger partial charge in [-0.15, -0.1) is 26.6 Å². The fraction of sp³-hybridized carbons (Fsp3) is 0.211. The number of benzene rings is 1. The van der Waals surface area contributed by atoms with E-state index < -0.39 is 0 Å². The Morgan fingerprint density at radius 1 is 1.14 bits per heavy atom. The Kier molecular flexibility index (Phi) is 4.01. The van der Waals surface area contributed by atoms with Crippen LogP contribution in [0.15, 0.2) is 40.4 Å². The van der Waals surface area contributed by atoms with Gasteiger partial charge in [-0.1, -0.05) is 23.4 Å². The van der Waals surface area contributed by atoms with Crippen LogP contribution in [0.1, 0.15) is 16.3 Å². The van der Waals surface area contributed by atoms with Crippen molar-refractivity contribution in [2.45, 2.75) is 20.3 Å². The third-order valence-corrected chi connectivity index (χ3v) is 5.49. The highest BCUT2D eigenvalue weighted by Gasteiger charge is 2.18. The molecule has 4 aromatic heterocycles. The summed E-state index contributed by atoms with van der Waals surface area (Å²) in [5.41, 5.74) is 4.13. The predicted octanol–water partition coefficient (Wildman–Crippen LogP) is 3.63. The van der Waals surface area contributed by atoms with Crippen LogP contribution in [-0.4, -0.2) is 36.6 Å². The Labute approximate surface area is 163 Å². The zero-order chi connectivity index (χ0) is 19.1.